The SMILES string of the molecule is CCC1CCCN(C(CN)c2ccc(Cl)c(Cl)c2)C1. The first-order chi connectivity index (χ1) is 9.15. The number of nitrogens with zero attached hydrogens (tertiary/aromatic N) is 1. The number of likely N-dealkylation sites (tertiary alicyclic amines) is 1. The van der Waals surface area contributed by atoms with E-state index in [1.807, 2.05) is 18.2 Å². The predicted molar refractivity (Wildman–Crippen MR) is 82.8 cm³/mol. The number of rotatable bonds is 4. The van der Waals surface area contributed by atoms with Crippen LogP contribution in [0, 0.1) is 5.92 Å². The van der Waals surface area contributed by atoms with Crippen LogP contribution in [-0.2, 0) is 0 Å². The van der Waals surface area contributed by atoms with Crippen LogP contribution < -0.4 is 5.73 Å². The maximum absolute atomic E-state index is 6.12. The Morgan fingerprint density at radius 1 is 1.37 bits per heavy atom. The Labute approximate surface area is 125 Å². The van der Waals surface area contributed by atoms with Crippen LogP contribution in [0.25, 0.3) is 0 Å². The maximum Gasteiger partial charge on any atom is 0.0595 e. The van der Waals surface area contributed by atoms with E-state index in [2.05, 4.69) is 11.8 Å². The third-order valence-electron chi connectivity index (χ3n) is 4.12. The highest BCUT2D eigenvalue weighted by atomic mass is 35.5. The van der Waals surface area contributed by atoms with Gasteiger partial charge in [-0.1, -0.05) is 42.6 Å². The number of nitrogens with two attached hydrogens (primary N) is 1. The summed E-state index contributed by atoms with van der Waals surface area (Å²) in [4.78, 5) is 2.50. The molecule has 0 aliphatic carbocycles. The van der Waals surface area contributed by atoms with E-state index in [4.69, 9.17) is 28.9 Å². The molecule has 106 valence electrons. The zero-order valence-electron chi connectivity index (χ0n) is 11.4. The molecule has 0 aromatic heterocycles. The zero-order chi connectivity index (χ0) is 13.8. The molecule has 1 fully saturated rings. The smallest absolute Gasteiger partial charge is 0.0595 e. The minimum absolute atomic E-state index is 0.254. The first kappa shape index (κ1) is 15.1. The average molecular weight is 301 g/mol. The van der Waals surface area contributed by atoms with Crippen molar-refractivity contribution in [3.8, 4) is 0 Å². The summed E-state index contributed by atoms with van der Waals surface area (Å²) < 4.78 is 0. The van der Waals surface area contributed by atoms with Crippen molar-refractivity contribution >= 4 is 23.2 Å². The van der Waals surface area contributed by atoms with Crippen LogP contribution in [0.15, 0.2) is 18.2 Å². The third-order valence-corrected chi connectivity index (χ3v) is 4.86. The van der Waals surface area contributed by atoms with Crippen LogP contribution in [0.5, 0.6) is 0 Å². The Morgan fingerprint density at radius 2 is 2.16 bits per heavy atom. The van der Waals surface area contributed by atoms with Crippen molar-refractivity contribution in [2.45, 2.75) is 32.2 Å². The molecule has 1 heterocycles. The molecule has 19 heavy (non-hydrogen) atoms. The molecule has 2 rings (SSSR count). The fourth-order valence-corrected chi connectivity index (χ4v) is 3.24. The van der Waals surface area contributed by atoms with Gasteiger partial charge in [0.1, 0.15) is 0 Å². The largest absolute Gasteiger partial charge is 0.329 e. The summed E-state index contributed by atoms with van der Waals surface area (Å²) >= 11 is 12.1. The van der Waals surface area contributed by atoms with E-state index in [0.717, 1.165) is 19.0 Å². The van der Waals surface area contributed by atoms with Crippen molar-refractivity contribution in [1.29, 1.82) is 0 Å². The Bertz CT molecular complexity index is 423. The molecule has 4 heteroatoms. The zero-order valence-corrected chi connectivity index (χ0v) is 12.9. The summed E-state index contributed by atoms with van der Waals surface area (Å²) in [5.74, 6) is 0.797. The van der Waals surface area contributed by atoms with Crippen molar-refractivity contribution in [2.24, 2.45) is 11.7 Å². The second kappa shape index (κ2) is 6.94. The standard InChI is InChI=1S/C15H22Cl2N2/c1-2-11-4-3-7-19(10-11)15(9-18)12-5-6-13(16)14(17)8-12/h5-6,8,11,15H,2-4,7,9-10,18H2,1H3. The van der Waals surface area contributed by atoms with E-state index in [1.165, 1.54) is 24.8 Å². The molecule has 0 amide bonds. The summed E-state index contributed by atoms with van der Waals surface area (Å²) in [7, 11) is 0. The molecule has 1 aliphatic rings. The quantitative estimate of drug-likeness (QED) is 0.906. The molecule has 2 atom stereocenters. The second-order valence-electron chi connectivity index (χ2n) is 5.34. The van der Waals surface area contributed by atoms with Crippen LogP contribution in [0.4, 0.5) is 0 Å². The fourth-order valence-electron chi connectivity index (χ4n) is 2.93. The lowest BCUT2D eigenvalue weighted by Crippen LogP contribution is -2.41. The maximum atomic E-state index is 6.12. The first-order valence-electron chi connectivity index (χ1n) is 7.04. The molecule has 1 aromatic rings. The first-order valence-corrected chi connectivity index (χ1v) is 7.80. The predicted octanol–water partition coefficient (Wildman–Crippen LogP) is 4.12. The Morgan fingerprint density at radius 3 is 2.79 bits per heavy atom. The lowest BCUT2D eigenvalue weighted by atomic mass is 9.93. The van der Waals surface area contributed by atoms with Gasteiger partial charge in [0.25, 0.3) is 0 Å². The summed E-state index contributed by atoms with van der Waals surface area (Å²) in [6.07, 6.45) is 3.84. The molecular weight excluding hydrogens is 279 g/mol. The fraction of sp³-hybridized carbons (Fsp3) is 0.600. The van der Waals surface area contributed by atoms with Gasteiger partial charge in [-0.2, -0.15) is 0 Å². The molecule has 2 N–H and O–H groups in total. The summed E-state index contributed by atoms with van der Waals surface area (Å²) in [5.41, 5.74) is 7.17. The van der Waals surface area contributed by atoms with Gasteiger partial charge in [0, 0.05) is 19.1 Å². The molecular formula is C15H22Cl2N2. The van der Waals surface area contributed by atoms with Crippen LogP contribution in [0.1, 0.15) is 37.8 Å². The highest BCUT2D eigenvalue weighted by Crippen LogP contribution is 2.31. The summed E-state index contributed by atoms with van der Waals surface area (Å²) in [5, 5.41) is 1.22. The number of halogens is 2. The van der Waals surface area contributed by atoms with Gasteiger partial charge in [-0.15, -0.1) is 0 Å². The van der Waals surface area contributed by atoms with E-state index >= 15 is 0 Å². The minimum Gasteiger partial charge on any atom is -0.329 e. The van der Waals surface area contributed by atoms with Gasteiger partial charge in [0.2, 0.25) is 0 Å². The van der Waals surface area contributed by atoms with Crippen molar-refractivity contribution in [1.82, 2.24) is 4.90 Å². The van der Waals surface area contributed by atoms with Crippen molar-refractivity contribution in [3.05, 3.63) is 33.8 Å². The number of benzene rings is 1. The van der Waals surface area contributed by atoms with Crippen LogP contribution >= 0.6 is 23.2 Å². The van der Waals surface area contributed by atoms with Gasteiger partial charge in [0.15, 0.2) is 0 Å². The van der Waals surface area contributed by atoms with E-state index < -0.39 is 0 Å². The van der Waals surface area contributed by atoms with Gasteiger partial charge in [-0.3, -0.25) is 4.90 Å². The molecule has 0 bridgehead atoms. The highest BCUT2D eigenvalue weighted by molar-refractivity contribution is 6.42. The number of hydrogen-bond donors (Lipinski definition) is 1. The van der Waals surface area contributed by atoms with Crippen LogP contribution in [0.2, 0.25) is 10.0 Å². The summed E-state index contributed by atoms with van der Waals surface area (Å²) in [6.45, 7) is 5.15. The Hall–Kier alpha value is -0.280. The summed E-state index contributed by atoms with van der Waals surface area (Å²) in [6, 6.07) is 6.12. The third kappa shape index (κ3) is 3.63. The second-order valence-corrected chi connectivity index (χ2v) is 6.15. The van der Waals surface area contributed by atoms with Gasteiger partial charge in [0.05, 0.1) is 10.0 Å². The molecule has 0 saturated carbocycles. The Kier molecular flexibility index (Phi) is 5.52. The molecule has 1 aromatic carbocycles. The molecule has 2 nitrogen and oxygen atoms in total. The molecule has 1 aliphatic heterocycles. The van der Waals surface area contributed by atoms with Crippen molar-refractivity contribution in [3.63, 3.8) is 0 Å². The minimum atomic E-state index is 0.254. The van der Waals surface area contributed by atoms with E-state index in [9.17, 15) is 0 Å². The topological polar surface area (TPSA) is 29.3 Å². The highest BCUT2D eigenvalue weighted by Gasteiger charge is 2.25. The van der Waals surface area contributed by atoms with E-state index in [-0.39, 0.29) is 6.04 Å². The lowest BCUT2D eigenvalue weighted by Gasteiger charge is -2.38. The number of hydrogen-bond acceptors (Lipinski definition) is 2. The normalized spacial score (nSPS) is 22.4. The van der Waals surface area contributed by atoms with Crippen molar-refractivity contribution < 1.29 is 0 Å². The van der Waals surface area contributed by atoms with Gasteiger partial charge in [-0.25, -0.2) is 0 Å². The Balaban J connectivity index is 2.16. The molecule has 2 unspecified atom stereocenters. The van der Waals surface area contributed by atoms with Gasteiger partial charge >= 0.3 is 0 Å². The van der Waals surface area contributed by atoms with E-state index in [1.54, 1.807) is 0 Å². The molecule has 0 radical (unpaired) electrons. The molecule has 0 spiro atoms. The van der Waals surface area contributed by atoms with Gasteiger partial charge in [-0.05, 0) is 43.0 Å². The number of piperidine rings is 1. The lowest BCUT2D eigenvalue weighted by molar-refractivity contribution is 0.124. The van der Waals surface area contributed by atoms with Crippen LogP contribution in [-0.4, -0.2) is 24.5 Å². The van der Waals surface area contributed by atoms with E-state index in [0.29, 0.717) is 16.6 Å². The monoisotopic (exact) mass is 300 g/mol. The average Bonchev–Trinajstić information content (AvgIpc) is 2.44. The van der Waals surface area contributed by atoms with Crippen LogP contribution in [0.3, 0.4) is 0 Å². The van der Waals surface area contributed by atoms with Gasteiger partial charge < -0.3 is 5.73 Å². The van der Waals surface area contributed by atoms with Crippen molar-refractivity contribution in [2.75, 3.05) is 19.6 Å². The molecule has 1 saturated heterocycles.